The lowest BCUT2D eigenvalue weighted by atomic mass is 10.1. The van der Waals surface area contributed by atoms with Crippen LogP contribution in [0.5, 0.6) is 11.5 Å². The molecule has 1 heterocycles. The molecule has 0 atom stereocenters. The highest BCUT2D eigenvalue weighted by molar-refractivity contribution is 5.89. The Morgan fingerprint density at radius 2 is 2.00 bits per heavy atom. The SMILES string of the molecule is CC(C)=CCCC(C)=CCOc1c(O)c(=O)n(C)c2cc([N+](=O)[O-])ccc12. The van der Waals surface area contributed by atoms with Crippen molar-refractivity contribution in [1.82, 2.24) is 4.57 Å². The molecule has 0 radical (unpaired) electrons. The van der Waals surface area contributed by atoms with Crippen molar-refractivity contribution < 1.29 is 14.8 Å². The average Bonchev–Trinajstić information content (AvgIpc) is 2.61. The summed E-state index contributed by atoms with van der Waals surface area (Å²) >= 11 is 0. The molecule has 0 aliphatic heterocycles. The first-order valence-corrected chi connectivity index (χ1v) is 8.64. The summed E-state index contributed by atoms with van der Waals surface area (Å²) in [5, 5.41) is 21.6. The minimum Gasteiger partial charge on any atom is -0.500 e. The average molecular weight is 372 g/mol. The van der Waals surface area contributed by atoms with Gasteiger partial charge in [-0.25, -0.2) is 0 Å². The number of fused-ring (bicyclic) bond motifs is 1. The van der Waals surface area contributed by atoms with Crippen molar-refractivity contribution in [3.63, 3.8) is 0 Å². The van der Waals surface area contributed by atoms with Crippen molar-refractivity contribution in [2.75, 3.05) is 6.61 Å². The third-order valence-electron chi connectivity index (χ3n) is 4.27. The summed E-state index contributed by atoms with van der Waals surface area (Å²) < 4.78 is 6.83. The second-order valence-corrected chi connectivity index (χ2v) is 6.68. The van der Waals surface area contributed by atoms with Gasteiger partial charge < -0.3 is 14.4 Å². The van der Waals surface area contributed by atoms with Gasteiger partial charge in [0.05, 0.1) is 10.4 Å². The normalized spacial score (nSPS) is 11.5. The highest BCUT2D eigenvalue weighted by Crippen LogP contribution is 2.33. The predicted octanol–water partition coefficient (Wildman–Crippen LogP) is 4.22. The van der Waals surface area contributed by atoms with E-state index in [1.165, 1.54) is 35.4 Å². The molecule has 0 saturated heterocycles. The van der Waals surface area contributed by atoms with Crippen LogP contribution in [0, 0.1) is 10.1 Å². The lowest BCUT2D eigenvalue weighted by Crippen LogP contribution is -2.18. The summed E-state index contributed by atoms with van der Waals surface area (Å²) in [5.41, 5.74) is 1.93. The van der Waals surface area contributed by atoms with Crippen molar-refractivity contribution in [1.29, 1.82) is 0 Å². The van der Waals surface area contributed by atoms with E-state index in [-0.39, 0.29) is 18.0 Å². The van der Waals surface area contributed by atoms with Gasteiger partial charge in [0.2, 0.25) is 5.75 Å². The van der Waals surface area contributed by atoms with Crippen LogP contribution in [0.2, 0.25) is 0 Å². The van der Waals surface area contributed by atoms with Crippen LogP contribution in [0.25, 0.3) is 10.9 Å². The number of hydrogen-bond donors (Lipinski definition) is 1. The minimum absolute atomic E-state index is 0.0383. The first-order valence-electron chi connectivity index (χ1n) is 8.64. The van der Waals surface area contributed by atoms with Crippen LogP contribution < -0.4 is 10.3 Å². The maximum absolute atomic E-state index is 12.2. The number of rotatable bonds is 7. The van der Waals surface area contributed by atoms with Crippen LogP contribution in [-0.2, 0) is 7.05 Å². The van der Waals surface area contributed by atoms with E-state index in [1.807, 2.05) is 13.0 Å². The van der Waals surface area contributed by atoms with E-state index in [4.69, 9.17) is 4.74 Å². The largest absolute Gasteiger partial charge is 0.500 e. The fourth-order valence-electron chi connectivity index (χ4n) is 2.70. The fourth-order valence-corrected chi connectivity index (χ4v) is 2.70. The monoisotopic (exact) mass is 372 g/mol. The van der Waals surface area contributed by atoms with E-state index in [1.54, 1.807) is 0 Å². The molecule has 0 fully saturated rings. The summed E-state index contributed by atoms with van der Waals surface area (Å²) in [6.07, 6.45) is 5.89. The van der Waals surface area contributed by atoms with Gasteiger partial charge in [0.25, 0.3) is 11.2 Å². The molecule has 0 aliphatic rings. The number of aromatic nitrogens is 1. The highest BCUT2D eigenvalue weighted by atomic mass is 16.6. The summed E-state index contributed by atoms with van der Waals surface area (Å²) in [6.45, 7) is 6.29. The molecular formula is C20H24N2O5. The summed E-state index contributed by atoms with van der Waals surface area (Å²) in [4.78, 5) is 22.7. The number of aryl methyl sites for hydroxylation is 1. The Bertz CT molecular complexity index is 982. The molecule has 1 aromatic carbocycles. The number of ether oxygens (including phenoxy) is 1. The quantitative estimate of drug-likeness (QED) is 0.446. The molecule has 7 heteroatoms. The number of nitrogens with zero attached hydrogens (tertiary/aromatic N) is 2. The van der Waals surface area contributed by atoms with Gasteiger partial charge in [-0.05, 0) is 45.8 Å². The van der Waals surface area contributed by atoms with E-state index >= 15 is 0 Å². The second-order valence-electron chi connectivity index (χ2n) is 6.68. The maximum Gasteiger partial charge on any atom is 0.296 e. The van der Waals surface area contributed by atoms with Gasteiger partial charge in [-0.2, -0.15) is 0 Å². The number of allylic oxidation sites excluding steroid dienone is 3. The van der Waals surface area contributed by atoms with Crippen LogP contribution in [0.4, 0.5) is 5.69 Å². The molecule has 144 valence electrons. The van der Waals surface area contributed by atoms with Gasteiger partial charge in [-0.3, -0.25) is 14.9 Å². The van der Waals surface area contributed by atoms with Gasteiger partial charge in [0.1, 0.15) is 6.61 Å². The number of hydrogen-bond acceptors (Lipinski definition) is 5. The summed E-state index contributed by atoms with van der Waals surface area (Å²) in [6, 6.07) is 4.09. The van der Waals surface area contributed by atoms with Gasteiger partial charge >= 0.3 is 0 Å². The smallest absolute Gasteiger partial charge is 0.296 e. The molecule has 0 saturated carbocycles. The zero-order valence-electron chi connectivity index (χ0n) is 16.0. The van der Waals surface area contributed by atoms with Crippen LogP contribution in [0.3, 0.4) is 0 Å². The zero-order chi connectivity index (χ0) is 20.1. The van der Waals surface area contributed by atoms with Crippen molar-refractivity contribution in [3.05, 3.63) is 62.0 Å². The van der Waals surface area contributed by atoms with Crippen molar-refractivity contribution in [2.45, 2.75) is 33.6 Å². The first kappa shape index (κ1) is 20.2. The van der Waals surface area contributed by atoms with Crippen molar-refractivity contribution in [2.24, 2.45) is 7.05 Å². The molecule has 1 N–H and O–H groups in total. The van der Waals surface area contributed by atoms with Crippen LogP contribution in [0.1, 0.15) is 33.6 Å². The lowest BCUT2D eigenvalue weighted by Gasteiger charge is -2.13. The molecule has 2 rings (SSSR count). The fraction of sp³-hybridized carbons (Fsp3) is 0.350. The van der Waals surface area contributed by atoms with Gasteiger partial charge in [0, 0.05) is 24.6 Å². The molecule has 0 spiro atoms. The van der Waals surface area contributed by atoms with Gasteiger partial charge in [-0.1, -0.05) is 17.2 Å². The number of nitro groups is 1. The summed E-state index contributed by atoms with van der Waals surface area (Å²) in [5.74, 6) is -0.467. The molecule has 1 aromatic heterocycles. The Labute approximate surface area is 157 Å². The number of nitro benzene ring substituents is 1. The second kappa shape index (κ2) is 8.53. The van der Waals surface area contributed by atoms with Crippen LogP contribution >= 0.6 is 0 Å². The Balaban J connectivity index is 2.31. The van der Waals surface area contributed by atoms with Crippen molar-refractivity contribution >= 4 is 16.6 Å². The third-order valence-corrected chi connectivity index (χ3v) is 4.27. The number of pyridine rings is 1. The maximum atomic E-state index is 12.2. The molecule has 0 unspecified atom stereocenters. The topological polar surface area (TPSA) is 94.6 Å². The molecule has 0 aliphatic carbocycles. The van der Waals surface area contributed by atoms with Crippen LogP contribution in [0.15, 0.2) is 46.3 Å². The Morgan fingerprint density at radius 1 is 1.30 bits per heavy atom. The third kappa shape index (κ3) is 4.75. The molecule has 2 aromatic rings. The van der Waals surface area contributed by atoms with Crippen LogP contribution in [-0.4, -0.2) is 21.2 Å². The Kier molecular flexibility index (Phi) is 6.39. The van der Waals surface area contributed by atoms with Crippen molar-refractivity contribution in [3.8, 4) is 11.5 Å². The lowest BCUT2D eigenvalue weighted by molar-refractivity contribution is -0.384. The summed E-state index contributed by atoms with van der Waals surface area (Å²) in [7, 11) is 1.45. The Morgan fingerprint density at radius 3 is 2.63 bits per heavy atom. The molecule has 0 amide bonds. The van der Waals surface area contributed by atoms with E-state index in [0.717, 1.165) is 18.4 Å². The minimum atomic E-state index is -0.665. The van der Waals surface area contributed by atoms with Gasteiger partial charge in [0.15, 0.2) is 5.75 Å². The van der Waals surface area contributed by atoms with E-state index < -0.39 is 16.2 Å². The molecular weight excluding hydrogens is 348 g/mol. The number of benzene rings is 1. The Hall–Kier alpha value is -3.09. The zero-order valence-corrected chi connectivity index (χ0v) is 16.0. The molecule has 0 bridgehead atoms. The highest BCUT2D eigenvalue weighted by Gasteiger charge is 2.18. The predicted molar refractivity (Wildman–Crippen MR) is 105 cm³/mol. The number of aromatic hydroxyl groups is 1. The first-order chi connectivity index (χ1) is 12.7. The molecule has 27 heavy (non-hydrogen) atoms. The number of non-ortho nitro benzene ring substituents is 1. The van der Waals surface area contributed by atoms with Gasteiger partial charge in [-0.15, -0.1) is 0 Å². The van der Waals surface area contributed by atoms with E-state index in [9.17, 15) is 20.0 Å². The van der Waals surface area contributed by atoms with E-state index in [0.29, 0.717) is 10.9 Å². The molecule has 7 nitrogen and oxygen atoms in total. The van der Waals surface area contributed by atoms with E-state index in [2.05, 4.69) is 19.9 Å². The standard InChI is InChI=1S/C20H24N2O5/c1-13(2)6-5-7-14(3)10-11-27-19-16-9-8-15(22(25)26)12-17(16)21(4)20(24)18(19)23/h6,8-10,12,23H,5,7,11H2,1-4H3.